The summed E-state index contributed by atoms with van der Waals surface area (Å²) in [4.78, 5) is 23.6. The lowest BCUT2D eigenvalue weighted by atomic mass is 10.1. The molecule has 2 N–H and O–H groups in total. The largest absolute Gasteiger partial charge is 0.493 e. The van der Waals surface area contributed by atoms with E-state index in [-0.39, 0.29) is 24.0 Å². The van der Waals surface area contributed by atoms with Crippen LogP contribution in [0.5, 0.6) is 11.5 Å². The van der Waals surface area contributed by atoms with Crippen molar-refractivity contribution in [1.29, 1.82) is 0 Å². The van der Waals surface area contributed by atoms with Crippen LogP contribution in [-0.2, 0) is 4.79 Å². The summed E-state index contributed by atoms with van der Waals surface area (Å²) in [6.45, 7) is 0. The van der Waals surface area contributed by atoms with Gasteiger partial charge in [0.05, 0.1) is 19.1 Å². The van der Waals surface area contributed by atoms with Gasteiger partial charge in [-0.3, -0.25) is 9.59 Å². The highest BCUT2D eigenvalue weighted by Crippen LogP contribution is 2.33. The van der Waals surface area contributed by atoms with E-state index in [9.17, 15) is 9.59 Å². The van der Waals surface area contributed by atoms with E-state index in [1.165, 1.54) is 12.8 Å². The van der Waals surface area contributed by atoms with Crippen LogP contribution in [0.2, 0.25) is 0 Å². The number of aliphatic carboxylic acids is 1. The van der Waals surface area contributed by atoms with Gasteiger partial charge in [0.1, 0.15) is 0 Å². The molecule has 0 aromatic heterocycles. The monoisotopic (exact) mass is 347 g/mol. The van der Waals surface area contributed by atoms with Crippen LogP contribution in [0.1, 0.15) is 55.3 Å². The molecule has 2 aliphatic carbocycles. The first-order chi connectivity index (χ1) is 12.1. The Balaban J connectivity index is 1.66. The Kier molecular flexibility index (Phi) is 5.46. The molecule has 0 bridgehead atoms. The third-order valence-electron chi connectivity index (χ3n) is 5.14. The normalized spacial score (nSPS) is 23.4. The molecule has 0 saturated heterocycles. The number of carboxylic acid groups (broad SMARTS) is 1. The molecule has 0 radical (unpaired) electrons. The van der Waals surface area contributed by atoms with Crippen molar-refractivity contribution in [3.63, 3.8) is 0 Å². The number of nitrogens with one attached hydrogen (secondary N) is 1. The van der Waals surface area contributed by atoms with E-state index in [1.54, 1.807) is 25.3 Å². The molecule has 6 nitrogen and oxygen atoms in total. The lowest BCUT2D eigenvalue weighted by Gasteiger charge is -2.17. The molecule has 1 aromatic rings. The fourth-order valence-electron chi connectivity index (χ4n) is 3.70. The minimum atomic E-state index is -0.784. The number of carbonyl (C=O) groups excluding carboxylic acids is 1. The molecule has 0 heterocycles. The Morgan fingerprint density at radius 2 is 1.88 bits per heavy atom. The predicted molar refractivity (Wildman–Crippen MR) is 92.1 cm³/mol. The van der Waals surface area contributed by atoms with Gasteiger partial charge < -0.3 is 19.9 Å². The number of hydrogen-bond acceptors (Lipinski definition) is 4. The van der Waals surface area contributed by atoms with Crippen LogP contribution in [0.25, 0.3) is 0 Å². The Morgan fingerprint density at radius 1 is 1.12 bits per heavy atom. The average molecular weight is 347 g/mol. The molecule has 6 heteroatoms. The fraction of sp³-hybridized carbons (Fsp3) is 0.579. The van der Waals surface area contributed by atoms with Crippen LogP contribution in [0.15, 0.2) is 18.2 Å². The minimum absolute atomic E-state index is 0.0881. The Bertz CT molecular complexity index is 639. The molecular formula is C19H25NO5. The molecule has 0 unspecified atom stereocenters. The van der Waals surface area contributed by atoms with Crippen molar-refractivity contribution in [3.8, 4) is 11.5 Å². The number of hydrogen-bond donors (Lipinski definition) is 2. The second-order valence-corrected chi connectivity index (χ2v) is 6.91. The van der Waals surface area contributed by atoms with Crippen LogP contribution in [-0.4, -0.2) is 36.2 Å². The molecule has 2 fully saturated rings. The van der Waals surface area contributed by atoms with E-state index >= 15 is 0 Å². The zero-order chi connectivity index (χ0) is 17.8. The summed E-state index contributed by atoms with van der Waals surface area (Å²) >= 11 is 0. The van der Waals surface area contributed by atoms with Crippen LogP contribution in [0.3, 0.4) is 0 Å². The van der Waals surface area contributed by atoms with Gasteiger partial charge in [-0.2, -0.15) is 0 Å². The highest BCUT2D eigenvalue weighted by molar-refractivity contribution is 5.95. The number of ether oxygens (including phenoxy) is 2. The molecule has 1 amide bonds. The molecule has 0 spiro atoms. The lowest BCUT2D eigenvalue weighted by Crippen LogP contribution is -2.33. The van der Waals surface area contributed by atoms with Gasteiger partial charge in [-0.15, -0.1) is 0 Å². The SMILES string of the molecule is COc1ccc(C(=O)N[C@@H]2CC[C@H](C(=O)O)C2)cc1OC1CCCC1. The quantitative estimate of drug-likeness (QED) is 0.826. The maximum Gasteiger partial charge on any atom is 0.306 e. The summed E-state index contributed by atoms with van der Waals surface area (Å²) in [7, 11) is 1.58. The van der Waals surface area contributed by atoms with Gasteiger partial charge in [-0.05, 0) is 63.1 Å². The van der Waals surface area contributed by atoms with Gasteiger partial charge in [0.25, 0.3) is 5.91 Å². The molecule has 2 atom stereocenters. The van der Waals surface area contributed by atoms with E-state index < -0.39 is 5.97 Å². The van der Waals surface area contributed by atoms with Gasteiger partial charge >= 0.3 is 5.97 Å². The third-order valence-corrected chi connectivity index (χ3v) is 5.14. The summed E-state index contributed by atoms with van der Waals surface area (Å²) in [5.74, 6) is -0.127. The Labute approximate surface area is 147 Å². The predicted octanol–water partition coefficient (Wildman–Crippen LogP) is 3.00. The summed E-state index contributed by atoms with van der Waals surface area (Å²) in [6, 6.07) is 5.08. The molecule has 1 aromatic carbocycles. The zero-order valence-electron chi connectivity index (χ0n) is 14.5. The summed E-state index contributed by atoms with van der Waals surface area (Å²) in [5, 5.41) is 12.0. The second kappa shape index (κ2) is 7.76. The molecule has 25 heavy (non-hydrogen) atoms. The number of rotatable bonds is 6. The Hall–Kier alpha value is -2.24. The van der Waals surface area contributed by atoms with Crippen LogP contribution >= 0.6 is 0 Å². The summed E-state index contributed by atoms with van der Waals surface area (Å²) < 4.78 is 11.4. The number of carbonyl (C=O) groups is 2. The van der Waals surface area contributed by atoms with Crippen LogP contribution < -0.4 is 14.8 Å². The van der Waals surface area contributed by atoms with Crippen molar-refractivity contribution in [2.75, 3.05) is 7.11 Å². The molecule has 0 aliphatic heterocycles. The van der Waals surface area contributed by atoms with Gasteiger partial charge in [0.15, 0.2) is 11.5 Å². The fourth-order valence-corrected chi connectivity index (χ4v) is 3.70. The minimum Gasteiger partial charge on any atom is -0.493 e. The first-order valence-electron chi connectivity index (χ1n) is 8.95. The standard InChI is InChI=1S/C19H25NO5/c1-24-16-9-7-12(11-17(16)25-15-4-2-3-5-15)18(21)20-14-8-6-13(10-14)19(22)23/h7,9,11,13-15H,2-6,8,10H2,1H3,(H,20,21)(H,22,23)/t13-,14+/m0/s1. The van der Waals surface area contributed by atoms with Crippen molar-refractivity contribution in [1.82, 2.24) is 5.32 Å². The second-order valence-electron chi connectivity index (χ2n) is 6.91. The zero-order valence-corrected chi connectivity index (χ0v) is 14.5. The molecule has 2 saturated carbocycles. The maximum absolute atomic E-state index is 12.5. The van der Waals surface area contributed by atoms with Crippen LogP contribution in [0.4, 0.5) is 0 Å². The molecular weight excluding hydrogens is 322 g/mol. The van der Waals surface area contributed by atoms with Crippen molar-refractivity contribution >= 4 is 11.9 Å². The van der Waals surface area contributed by atoms with Crippen molar-refractivity contribution in [2.24, 2.45) is 5.92 Å². The number of amides is 1. The first-order valence-corrected chi connectivity index (χ1v) is 8.95. The van der Waals surface area contributed by atoms with Crippen molar-refractivity contribution < 1.29 is 24.2 Å². The van der Waals surface area contributed by atoms with E-state index in [0.29, 0.717) is 36.3 Å². The molecule has 2 aliphatic rings. The molecule has 3 rings (SSSR count). The van der Waals surface area contributed by atoms with Crippen molar-refractivity contribution in [2.45, 2.75) is 57.1 Å². The lowest BCUT2D eigenvalue weighted by molar-refractivity contribution is -0.141. The van der Waals surface area contributed by atoms with Gasteiger partial charge in [-0.1, -0.05) is 0 Å². The highest BCUT2D eigenvalue weighted by Gasteiger charge is 2.30. The van der Waals surface area contributed by atoms with Gasteiger partial charge in [0, 0.05) is 11.6 Å². The maximum atomic E-state index is 12.5. The van der Waals surface area contributed by atoms with Gasteiger partial charge in [-0.25, -0.2) is 0 Å². The van der Waals surface area contributed by atoms with Crippen molar-refractivity contribution in [3.05, 3.63) is 23.8 Å². The Morgan fingerprint density at radius 3 is 2.52 bits per heavy atom. The average Bonchev–Trinajstić information content (AvgIpc) is 3.26. The van der Waals surface area contributed by atoms with E-state index in [4.69, 9.17) is 14.6 Å². The number of methoxy groups -OCH3 is 1. The van der Waals surface area contributed by atoms with Crippen LogP contribution in [0, 0.1) is 5.92 Å². The highest BCUT2D eigenvalue weighted by atomic mass is 16.5. The topological polar surface area (TPSA) is 84.9 Å². The first kappa shape index (κ1) is 17.6. The summed E-state index contributed by atoms with van der Waals surface area (Å²) in [6.07, 6.45) is 6.36. The number of carboxylic acids is 1. The number of benzene rings is 1. The van der Waals surface area contributed by atoms with E-state index in [0.717, 1.165) is 12.8 Å². The molecule has 136 valence electrons. The summed E-state index contributed by atoms with van der Waals surface area (Å²) in [5.41, 5.74) is 0.507. The van der Waals surface area contributed by atoms with E-state index in [2.05, 4.69) is 5.32 Å². The van der Waals surface area contributed by atoms with Gasteiger partial charge in [0.2, 0.25) is 0 Å². The third kappa shape index (κ3) is 4.24. The smallest absolute Gasteiger partial charge is 0.306 e. The van der Waals surface area contributed by atoms with E-state index in [1.807, 2.05) is 0 Å².